The summed E-state index contributed by atoms with van der Waals surface area (Å²) in [4.78, 5) is 12.2. The highest BCUT2D eigenvalue weighted by Gasteiger charge is 2.23. The number of aryl methyl sites for hydroxylation is 1. The molecule has 0 radical (unpaired) electrons. The van der Waals surface area contributed by atoms with Crippen LogP contribution in [0.3, 0.4) is 0 Å². The Balaban J connectivity index is 2.24. The van der Waals surface area contributed by atoms with E-state index in [4.69, 9.17) is 4.42 Å². The molecule has 0 aliphatic heterocycles. The summed E-state index contributed by atoms with van der Waals surface area (Å²) in [7, 11) is 0. The molecule has 110 valence electrons. The number of benzene rings is 2. The molecule has 3 nitrogen and oxygen atoms in total. The maximum absolute atomic E-state index is 12.2. The van der Waals surface area contributed by atoms with Crippen LogP contribution in [-0.4, -0.2) is 5.11 Å². The molecule has 22 heavy (non-hydrogen) atoms. The SMILES string of the molecule is Cc1ccc(C(c2ccccc2)c2c(O)ccoc2=O)cc1. The van der Waals surface area contributed by atoms with E-state index in [0.29, 0.717) is 0 Å². The molecule has 3 rings (SSSR count). The molecule has 1 aromatic heterocycles. The Kier molecular flexibility index (Phi) is 3.79. The van der Waals surface area contributed by atoms with Crippen LogP contribution in [0.5, 0.6) is 5.75 Å². The summed E-state index contributed by atoms with van der Waals surface area (Å²) in [6, 6.07) is 19.0. The second-order valence-corrected chi connectivity index (χ2v) is 5.26. The minimum atomic E-state index is -0.519. The normalized spacial score (nSPS) is 12.0. The van der Waals surface area contributed by atoms with Crippen LogP contribution in [0.1, 0.15) is 28.2 Å². The van der Waals surface area contributed by atoms with Gasteiger partial charge in [-0.05, 0) is 18.1 Å². The van der Waals surface area contributed by atoms with Gasteiger partial charge in [0.1, 0.15) is 5.75 Å². The van der Waals surface area contributed by atoms with Crippen molar-refractivity contribution in [3.05, 3.63) is 99.6 Å². The molecular formula is C19H16O3. The van der Waals surface area contributed by atoms with Crippen LogP contribution in [0.15, 0.2) is 76.1 Å². The van der Waals surface area contributed by atoms with Gasteiger partial charge in [0, 0.05) is 12.0 Å². The van der Waals surface area contributed by atoms with Gasteiger partial charge >= 0.3 is 5.63 Å². The average Bonchev–Trinajstić information content (AvgIpc) is 2.53. The maximum Gasteiger partial charge on any atom is 0.343 e. The molecule has 2 aromatic carbocycles. The molecule has 3 aromatic rings. The van der Waals surface area contributed by atoms with Crippen molar-refractivity contribution >= 4 is 0 Å². The Hall–Kier alpha value is -2.81. The number of aromatic hydroxyl groups is 1. The third kappa shape index (κ3) is 2.66. The molecule has 0 aliphatic rings. The summed E-state index contributed by atoms with van der Waals surface area (Å²) in [6.45, 7) is 2.01. The van der Waals surface area contributed by atoms with Crippen molar-refractivity contribution in [3.63, 3.8) is 0 Å². The van der Waals surface area contributed by atoms with Gasteiger partial charge in [-0.2, -0.15) is 0 Å². The predicted molar refractivity (Wildman–Crippen MR) is 85.2 cm³/mol. The lowest BCUT2D eigenvalue weighted by atomic mass is 9.85. The van der Waals surface area contributed by atoms with Crippen LogP contribution in [0, 0.1) is 6.92 Å². The Bertz CT molecular complexity index is 817. The molecule has 1 heterocycles. The number of hydrogen-bond acceptors (Lipinski definition) is 3. The molecule has 3 heteroatoms. The van der Waals surface area contributed by atoms with Gasteiger partial charge < -0.3 is 9.52 Å². The highest BCUT2D eigenvalue weighted by Crippen LogP contribution is 2.34. The summed E-state index contributed by atoms with van der Waals surface area (Å²) in [6.07, 6.45) is 1.21. The quantitative estimate of drug-likeness (QED) is 0.798. The zero-order valence-electron chi connectivity index (χ0n) is 12.2. The van der Waals surface area contributed by atoms with E-state index in [1.54, 1.807) is 0 Å². The predicted octanol–water partition coefficient (Wildman–Crippen LogP) is 3.83. The molecule has 0 spiro atoms. The standard InChI is InChI=1S/C19H16O3/c1-13-7-9-15(10-8-13)17(14-5-3-2-4-6-14)18-16(20)11-12-22-19(18)21/h2-12,17,20H,1H3. The lowest BCUT2D eigenvalue weighted by molar-refractivity contribution is 0.433. The van der Waals surface area contributed by atoms with Gasteiger partial charge in [0.25, 0.3) is 0 Å². The first kappa shape index (κ1) is 14.1. The van der Waals surface area contributed by atoms with Crippen molar-refractivity contribution in [1.29, 1.82) is 0 Å². The molecule has 1 N–H and O–H groups in total. The molecular weight excluding hydrogens is 276 g/mol. The lowest BCUT2D eigenvalue weighted by Gasteiger charge is -2.18. The van der Waals surface area contributed by atoms with Gasteiger partial charge in [-0.1, -0.05) is 60.2 Å². The fraction of sp³-hybridized carbons (Fsp3) is 0.105. The van der Waals surface area contributed by atoms with Crippen LogP contribution in [0.2, 0.25) is 0 Å². The van der Waals surface area contributed by atoms with Gasteiger partial charge in [0.2, 0.25) is 0 Å². The minimum Gasteiger partial charge on any atom is -0.507 e. The third-order valence-electron chi connectivity index (χ3n) is 3.73. The molecule has 0 saturated carbocycles. The van der Waals surface area contributed by atoms with E-state index in [-0.39, 0.29) is 17.2 Å². The fourth-order valence-corrected chi connectivity index (χ4v) is 2.61. The van der Waals surface area contributed by atoms with Gasteiger partial charge in [-0.15, -0.1) is 0 Å². The van der Waals surface area contributed by atoms with Gasteiger partial charge in [-0.25, -0.2) is 4.79 Å². The summed E-state index contributed by atoms with van der Waals surface area (Å²) in [5.41, 5.74) is 2.75. The van der Waals surface area contributed by atoms with Crippen LogP contribution in [-0.2, 0) is 0 Å². The Labute approximate surface area is 128 Å². The lowest BCUT2D eigenvalue weighted by Crippen LogP contribution is -2.14. The van der Waals surface area contributed by atoms with E-state index in [1.807, 2.05) is 61.5 Å². The van der Waals surface area contributed by atoms with Crippen LogP contribution in [0.25, 0.3) is 0 Å². The first-order valence-electron chi connectivity index (χ1n) is 7.09. The van der Waals surface area contributed by atoms with Crippen molar-refractivity contribution in [3.8, 4) is 5.75 Å². The number of rotatable bonds is 3. The Morgan fingerprint density at radius 2 is 1.55 bits per heavy atom. The van der Waals surface area contributed by atoms with E-state index in [0.717, 1.165) is 16.7 Å². The summed E-state index contributed by atoms with van der Waals surface area (Å²) in [5, 5.41) is 10.2. The van der Waals surface area contributed by atoms with Crippen LogP contribution >= 0.6 is 0 Å². The van der Waals surface area contributed by atoms with Gasteiger partial charge in [0.15, 0.2) is 0 Å². The van der Waals surface area contributed by atoms with Gasteiger partial charge in [0.05, 0.1) is 11.8 Å². The van der Waals surface area contributed by atoms with Crippen molar-refractivity contribution in [2.75, 3.05) is 0 Å². The van der Waals surface area contributed by atoms with Crippen LogP contribution < -0.4 is 5.63 Å². The van der Waals surface area contributed by atoms with E-state index in [9.17, 15) is 9.90 Å². The smallest absolute Gasteiger partial charge is 0.343 e. The summed E-state index contributed by atoms with van der Waals surface area (Å²) >= 11 is 0. The molecule has 0 fully saturated rings. The monoisotopic (exact) mass is 292 g/mol. The average molecular weight is 292 g/mol. The third-order valence-corrected chi connectivity index (χ3v) is 3.73. The summed E-state index contributed by atoms with van der Waals surface area (Å²) < 4.78 is 4.97. The molecule has 0 aliphatic carbocycles. The first-order chi connectivity index (χ1) is 10.7. The van der Waals surface area contributed by atoms with E-state index < -0.39 is 5.63 Å². The summed E-state index contributed by atoms with van der Waals surface area (Å²) in [5.74, 6) is -0.412. The Morgan fingerprint density at radius 1 is 0.909 bits per heavy atom. The largest absolute Gasteiger partial charge is 0.507 e. The van der Waals surface area contributed by atoms with E-state index in [2.05, 4.69) is 0 Å². The minimum absolute atomic E-state index is 0.0503. The van der Waals surface area contributed by atoms with Crippen molar-refractivity contribution in [1.82, 2.24) is 0 Å². The van der Waals surface area contributed by atoms with E-state index in [1.165, 1.54) is 12.3 Å². The zero-order valence-corrected chi connectivity index (χ0v) is 12.2. The molecule has 0 saturated heterocycles. The van der Waals surface area contributed by atoms with E-state index >= 15 is 0 Å². The molecule has 0 bridgehead atoms. The molecule has 1 atom stereocenters. The number of hydrogen-bond donors (Lipinski definition) is 1. The second-order valence-electron chi connectivity index (χ2n) is 5.26. The topological polar surface area (TPSA) is 50.4 Å². The zero-order chi connectivity index (χ0) is 15.5. The first-order valence-corrected chi connectivity index (χ1v) is 7.09. The van der Waals surface area contributed by atoms with Crippen molar-refractivity contribution < 1.29 is 9.52 Å². The Morgan fingerprint density at radius 3 is 2.18 bits per heavy atom. The highest BCUT2D eigenvalue weighted by molar-refractivity contribution is 5.47. The van der Waals surface area contributed by atoms with Crippen LogP contribution in [0.4, 0.5) is 0 Å². The van der Waals surface area contributed by atoms with Crippen molar-refractivity contribution in [2.24, 2.45) is 0 Å². The second kappa shape index (κ2) is 5.90. The highest BCUT2D eigenvalue weighted by atomic mass is 16.4. The molecule has 0 amide bonds. The van der Waals surface area contributed by atoms with Crippen molar-refractivity contribution in [2.45, 2.75) is 12.8 Å². The molecule has 1 unspecified atom stereocenters. The van der Waals surface area contributed by atoms with Gasteiger partial charge in [-0.3, -0.25) is 0 Å². The fourth-order valence-electron chi connectivity index (χ4n) is 2.61. The maximum atomic E-state index is 12.2.